The van der Waals surface area contributed by atoms with E-state index in [0.717, 1.165) is 89.4 Å². The summed E-state index contributed by atoms with van der Waals surface area (Å²) in [6.07, 6.45) is 3.93. The molecule has 30 heavy (non-hydrogen) atoms. The monoisotopic (exact) mass is 431 g/mol. The fraction of sp³-hybridized carbons (Fsp3) is 0.609. The van der Waals surface area contributed by atoms with Gasteiger partial charge in [0.25, 0.3) is 5.56 Å². The summed E-state index contributed by atoms with van der Waals surface area (Å²) in [6, 6.07) is 2.05. The molecule has 0 saturated heterocycles. The minimum absolute atomic E-state index is 0.0877. The first-order valence-electron chi connectivity index (χ1n) is 11.2. The van der Waals surface area contributed by atoms with E-state index in [9.17, 15) is 4.79 Å². The first-order chi connectivity index (χ1) is 14.5. The molecule has 3 rings (SSSR count). The third-order valence-corrected chi connectivity index (χ3v) is 6.87. The van der Waals surface area contributed by atoms with Gasteiger partial charge in [-0.1, -0.05) is 13.3 Å². The number of fused-ring (bicyclic) bond motifs is 3. The van der Waals surface area contributed by atoms with Crippen molar-refractivity contribution in [2.24, 2.45) is 0 Å². The maximum Gasteiger partial charge on any atom is 0.271 e. The van der Waals surface area contributed by atoms with Crippen LogP contribution in [-0.2, 0) is 24.3 Å². The summed E-state index contributed by atoms with van der Waals surface area (Å²) in [5, 5.41) is 0.983. The normalized spacial score (nSPS) is 11.9. The minimum atomic E-state index is 0.0877. The lowest BCUT2D eigenvalue weighted by Gasteiger charge is -2.17. The van der Waals surface area contributed by atoms with Crippen LogP contribution in [0.15, 0.2) is 10.9 Å². The maximum atomic E-state index is 13.5. The predicted molar refractivity (Wildman–Crippen MR) is 125 cm³/mol. The van der Waals surface area contributed by atoms with Gasteiger partial charge in [-0.15, -0.1) is 11.3 Å². The number of aromatic nitrogens is 3. The summed E-state index contributed by atoms with van der Waals surface area (Å²) in [5.74, 6) is 0.910. The highest BCUT2D eigenvalue weighted by atomic mass is 32.1. The van der Waals surface area contributed by atoms with Crippen molar-refractivity contribution in [1.29, 1.82) is 0 Å². The number of rotatable bonds is 11. The zero-order valence-electron chi connectivity index (χ0n) is 19.0. The first-order valence-corrected chi connectivity index (χ1v) is 12.0. The second-order valence-electron chi connectivity index (χ2n) is 7.96. The van der Waals surface area contributed by atoms with Gasteiger partial charge in [-0.05, 0) is 38.8 Å². The summed E-state index contributed by atoms with van der Waals surface area (Å²) < 4.78 is 8.07. The van der Waals surface area contributed by atoms with Crippen molar-refractivity contribution in [3.05, 3.63) is 33.5 Å². The summed E-state index contributed by atoms with van der Waals surface area (Å²) >= 11 is 1.47. The lowest BCUT2D eigenvalue weighted by molar-refractivity contribution is -0.896. The van der Waals surface area contributed by atoms with Crippen LogP contribution in [0.2, 0.25) is 0 Å². The van der Waals surface area contributed by atoms with Gasteiger partial charge in [0.05, 0.1) is 31.8 Å². The number of thiophene rings is 1. The second-order valence-corrected chi connectivity index (χ2v) is 8.96. The third-order valence-electron chi connectivity index (χ3n) is 5.80. The van der Waals surface area contributed by atoms with E-state index in [-0.39, 0.29) is 5.56 Å². The molecular formula is C23H35N4O2S+. The molecule has 0 bridgehead atoms. The van der Waals surface area contributed by atoms with E-state index in [1.807, 2.05) is 17.6 Å². The summed E-state index contributed by atoms with van der Waals surface area (Å²) in [4.78, 5) is 25.7. The van der Waals surface area contributed by atoms with Crippen LogP contribution in [0.3, 0.4) is 0 Å². The van der Waals surface area contributed by atoms with Gasteiger partial charge in [-0.3, -0.25) is 9.36 Å². The van der Waals surface area contributed by atoms with E-state index in [2.05, 4.69) is 20.8 Å². The molecule has 3 heterocycles. The number of quaternary nitrogens is 1. The van der Waals surface area contributed by atoms with Crippen molar-refractivity contribution in [3.63, 3.8) is 0 Å². The highest BCUT2D eigenvalue weighted by Crippen LogP contribution is 2.33. The molecule has 0 radical (unpaired) electrons. The Kier molecular flexibility index (Phi) is 7.97. The van der Waals surface area contributed by atoms with Gasteiger partial charge >= 0.3 is 0 Å². The van der Waals surface area contributed by atoms with Crippen LogP contribution in [0, 0.1) is 6.92 Å². The van der Waals surface area contributed by atoms with Gasteiger partial charge in [0, 0.05) is 37.6 Å². The molecule has 3 aromatic rings. The van der Waals surface area contributed by atoms with Crippen molar-refractivity contribution < 1.29 is 9.64 Å². The molecule has 164 valence electrons. The fourth-order valence-corrected chi connectivity index (χ4v) is 5.25. The van der Waals surface area contributed by atoms with E-state index in [1.54, 1.807) is 12.0 Å². The molecule has 0 fully saturated rings. The highest BCUT2D eigenvalue weighted by Gasteiger charge is 2.19. The Labute approximate surface area is 182 Å². The number of ether oxygens (including phenoxy) is 1. The summed E-state index contributed by atoms with van der Waals surface area (Å²) in [5.41, 5.74) is 2.89. The van der Waals surface area contributed by atoms with Gasteiger partial charge in [0.2, 0.25) is 0 Å². The Morgan fingerprint density at radius 2 is 1.93 bits per heavy atom. The van der Waals surface area contributed by atoms with Gasteiger partial charge < -0.3 is 9.64 Å². The van der Waals surface area contributed by atoms with Crippen LogP contribution in [0.1, 0.15) is 57.1 Å². The summed E-state index contributed by atoms with van der Waals surface area (Å²) in [7, 11) is 1.70. The molecule has 0 unspecified atom stereocenters. The molecule has 0 atom stereocenters. The number of aryl methyl sites for hydroxylation is 2. The lowest BCUT2D eigenvalue weighted by atomic mass is 10.1. The van der Waals surface area contributed by atoms with Crippen LogP contribution in [0.4, 0.5) is 0 Å². The van der Waals surface area contributed by atoms with Crippen LogP contribution in [-0.4, -0.2) is 41.3 Å². The Balaban J connectivity index is 2.11. The molecule has 0 amide bonds. The molecule has 0 spiro atoms. The number of nitrogens with one attached hydrogen (secondary N) is 1. The number of unbranched alkanes of at least 4 members (excludes halogenated alkanes) is 1. The zero-order valence-corrected chi connectivity index (χ0v) is 19.8. The van der Waals surface area contributed by atoms with Gasteiger partial charge in [-0.2, -0.15) is 0 Å². The fourth-order valence-electron chi connectivity index (χ4n) is 4.09. The second kappa shape index (κ2) is 10.5. The van der Waals surface area contributed by atoms with E-state index < -0.39 is 0 Å². The molecule has 3 aromatic heterocycles. The van der Waals surface area contributed by atoms with E-state index >= 15 is 0 Å². The SMILES string of the molecule is CCCCc1nc2c(sc3nc(C)cc(COC)c32)c(=O)n1CCC[NH+](CC)CC. The van der Waals surface area contributed by atoms with Crippen molar-refractivity contribution in [2.75, 3.05) is 26.7 Å². The zero-order chi connectivity index (χ0) is 21.7. The Morgan fingerprint density at radius 3 is 2.60 bits per heavy atom. The van der Waals surface area contributed by atoms with Crippen LogP contribution >= 0.6 is 11.3 Å². The third kappa shape index (κ3) is 4.74. The quantitative estimate of drug-likeness (QED) is 0.507. The summed E-state index contributed by atoms with van der Waals surface area (Å²) in [6.45, 7) is 13.1. The Morgan fingerprint density at radius 1 is 1.17 bits per heavy atom. The minimum Gasteiger partial charge on any atom is -0.380 e. The number of hydrogen-bond donors (Lipinski definition) is 1. The molecule has 1 N–H and O–H groups in total. The number of pyridine rings is 1. The molecular weight excluding hydrogens is 396 g/mol. The lowest BCUT2D eigenvalue weighted by Crippen LogP contribution is -3.11. The number of hydrogen-bond acceptors (Lipinski definition) is 5. The number of methoxy groups -OCH3 is 1. The smallest absolute Gasteiger partial charge is 0.271 e. The van der Waals surface area contributed by atoms with Crippen molar-refractivity contribution in [3.8, 4) is 0 Å². The van der Waals surface area contributed by atoms with Crippen LogP contribution in [0.25, 0.3) is 20.4 Å². The van der Waals surface area contributed by atoms with E-state index in [0.29, 0.717) is 6.61 Å². The predicted octanol–water partition coefficient (Wildman–Crippen LogP) is 3.12. The first kappa shape index (κ1) is 22.8. The average Bonchev–Trinajstić information content (AvgIpc) is 3.10. The molecule has 0 aliphatic rings. The maximum absolute atomic E-state index is 13.5. The molecule has 0 aromatic carbocycles. The molecule has 7 heteroatoms. The molecule has 0 aliphatic carbocycles. The van der Waals surface area contributed by atoms with Crippen molar-refractivity contribution in [1.82, 2.24) is 14.5 Å². The topological polar surface area (TPSA) is 61.5 Å². The molecule has 6 nitrogen and oxygen atoms in total. The van der Waals surface area contributed by atoms with Crippen molar-refractivity contribution >= 4 is 31.8 Å². The Bertz CT molecular complexity index is 1050. The van der Waals surface area contributed by atoms with Gasteiger partial charge in [-0.25, -0.2) is 9.97 Å². The van der Waals surface area contributed by atoms with Crippen LogP contribution < -0.4 is 10.5 Å². The largest absolute Gasteiger partial charge is 0.380 e. The van der Waals surface area contributed by atoms with Gasteiger partial charge in [0.15, 0.2) is 0 Å². The van der Waals surface area contributed by atoms with E-state index in [1.165, 1.54) is 11.3 Å². The van der Waals surface area contributed by atoms with Gasteiger partial charge in [0.1, 0.15) is 15.4 Å². The molecule has 0 saturated carbocycles. The molecule has 0 aliphatic heterocycles. The standard InChI is InChI=1S/C23H34N4O2S/c1-6-9-11-18-25-20-19-17(15-29-5)14-16(4)24-22(19)30-21(20)23(28)27(18)13-10-12-26(7-2)8-3/h14H,6-13,15H2,1-5H3/p+1. The average molecular weight is 432 g/mol. The Hall–Kier alpha value is -1.83. The van der Waals surface area contributed by atoms with Crippen molar-refractivity contribution in [2.45, 2.75) is 66.5 Å². The number of nitrogens with zero attached hydrogens (tertiary/aromatic N) is 3. The highest BCUT2D eigenvalue weighted by molar-refractivity contribution is 7.25. The van der Waals surface area contributed by atoms with E-state index in [4.69, 9.17) is 14.7 Å². The van der Waals surface area contributed by atoms with Crippen LogP contribution in [0.5, 0.6) is 0 Å².